The zero-order valence-electron chi connectivity index (χ0n) is 16.6. The van der Waals surface area contributed by atoms with Crippen LogP contribution in [0.5, 0.6) is 0 Å². The Morgan fingerprint density at radius 3 is 2.40 bits per heavy atom. The van der Waals surface area contributed by atoms with Crippen LogP contribution in [0, 0.1) is 0 Å². The van der Waals surface area contributed by atoms with E-state index in [0.717, 1.165) is 16.5 Å². The number of carbonyl (C=O) groups excluding carboxylic acids is 1. The van der Waals surface area contributed by atoms with Gasteiger partial charge in [0.1, 0.15) is 12.6 Å². The molecule has 0 radical (unpaired) electrons. The molecule has 6 nitrogen and oxygen atoms in total. The molecule has 30 heavy (non-hydrogen) atoms. The molecule has 1 unspecified atom stereocenters. The van der Waals surface area contributed by atoms with Crippen LogP contribution in [0.1, 0.15) is 11.1 Å². The fourth-order valence-corrected chi connectivity index (χ4v) is 3.83. The fraction of sp³-hybridized carbons (Fsp3) is 0.250. The Hall–Kier alpha value is -3.38. The largest absolute Gasteiger partial charge is 0.465 e. The van der Waals surface area contributed by atoms with E-state index in [-0.39, 0.29) is 13.2 Å². The number of carbonyl (C=O) groups is 2. The maximum absolute atomic E-state index is 12.7. The number of fused-ring (bicyclic) bond motifs is 1. The molecule has 3 aromatic carbocycles. The number of rotatable bonds is 5. The molecular formula is C24H24N2O4. The van der Waals surface area contributed by atoms with Crippen molar-refractivity contribution in [2.24, 2.45) is 0 Å². The molecular weight excluding hydrogens is 380 g/mol. The maximum atomic E-state index is 12.7. The number of carboxylic acid groups (broad SMARTS) is 1. The number of hydrogen-bond donors (Lipinski definition) is 1. The van der Waals surface area contributed by atoms with Gasteiger partial charge in [-0.05, 0) is 28.0 Å². The number of benzene rings is 3. The number of hydrogen-bond acceptors (Lipinski definition) is 4. The molecule has 0 spiro atoms. The molecule has 1 atom stereocenters. The molecule has 6 heteroatoms. The van der Waals surface area contributed by atoms with Crippen LogP contribution in [-0.2, 0) is 22.7 Å². The smallest absolute Gasteiger partial charge is 0.408 e. The van der Waals surface area contributed by atoms with Crippen LogP contribution in [0.3, 0.4) is 0 Å². The van der Waals surface area contributed by atoms with Crippen LogP contribution < -0.4 is 0 Å². The molecule has 1 amide bonds. The first-order valence-electron chi connectivity index (χ1n) is 10.0. The van der Waals surface area contributed by atoms with Gasteiger partial charge in [0.2, 0.25) is 0 Å². The Morgan fingerprint density at radius 1 is 0.900 bits per heavy atom. The molecule has 154 valence electrons. The van der Waals surface area contributed by atoms with Crippen LogP contribution in [0.4, 0.5) is 4.79 Å². The Morgan fingerprint density at radius 2 is 1.63 bits per heavy atom. The van der Waals surface area contributed by atoms with Crippen molar-refractivity contribution >= 4 is 22.8 Å². The van der Waals surface area contributed by atoms with E-state index in [2.05, 4.69) is 35.2 Å². The highest BCUT2D eigenvalue weighted by molar-refractivity contribution is 5.83. The second-order valence-electron chi connectivity index (χ2n) is 7.50. The van der Waals surface area contributed by atoms with Gasteiger partial charge < -0.3 is 9.84 Å². The molecule has 0 bridgehead atoms. The molecule has 0 aromatic heterocycles. The molecule has 4 rings (SSSR count). The molecule has 1 aliphatic rings. The van der Waals surface area contributed by atoms with E-state index < -0.39 is 18.1 Å². The standard InChI is InChI=1S/C24H24N2O4/c27-23(30-17-18-6-2-1-3-7-18)22-16-25(12-13-26(22)24(28)29)15-19-10-11-20-8-4-5-9-21(20)14-19/h1-11,14,22H,12-13,15-17H2,(H,28,29). The summed E-state index contributed by atoms with van der Waals surface area (Å²) in [6, 6.07) is 23.0. The lowest BCUT2D eigenvalue weighted by molar-refractivity contribution is -0.153. The van der Waals surface area contributed by atoms with Gasteiger partial charge >= 0.3 is 12.1 Å². The van der Waals surface area contributed by atoms with E-state index >= 15 is 0 Å². The van der Waals surface area contributed by atoms with Crippen molar-refractivity contribution in [3.63, 3.8) is 0 Å². The average molecular weight is 404 g/mol. The lowest BCUT2D eigenvalue weighted by atomic mass is 10.1. The molecule has 1 fully saturated rings. The van der Waals surface area contributed by atoms with E-state index in [1.807, 2.05) is 42.5 Å². The fourth-order valence-electron chi connectivity index (χ4n) is 3.83. The summed E-state index contributed by atoms with van der Waals surface area (Å²) >= 11 is 0. The lowest BCUT2D eigenvalue weighted by Gasteiger charge is -2.38. The highest BCUT2D eigenvalue weighted by Gasteiger charge is 2.36. The van der Waals surface area contributed by atoms with Crippen LogP contribution >= 0.6 is 0 Å². The topological polar surface area (TPSA) is 70.1 Å². The van der Waals surface area contributed by atoms with Crippen molar-refractivity contribution in [1.82, 2.24) is 9.80 Å². The van der Waals surface area contributed by atoms with Crippen LogP contribution in [0.15, 0.2) is 72.8 Å². The first-order chi connectivity index (χ1) is 14.6. The Labute approximate surface area is 175 Å². The van der Waals surface area contributed by atoms with Crippen LogP contribution in [0.2, 0.25) is 0 Å². The summed E-state index contributed by atoms with van der Waals surface area (Å²) in [4.78, 5) is 27.7. The first kappa shape index (κ1) is 19.9. The van der Waals surface area contributed by atoms with E-state index in [0.29, 0.717) is 19.6 Å². The van der Waals surface area contributed by atoms with Crippen molar-refractivity contribution in [1.29, 1.82) is 0 Å². The number of ether oxygens (including phenoxy) is 1. The summed E-state index contributed by atoms with van der Waals surface area (Å²) in [5.41, 5.74) is 2.01. The predicted molar refractivity (Wildman–Crippen MR) is 114 cm³/mol. The second kappa shape index (κ2) is 8.97. The Bertz CT molecular complexity index is 1040. The van der Waals surface area contributed by atoms with Gasteiger partial charge in [-0.15, -0.1) is 0 Å². The van der Waals surface area contributed by atoms with Gasteiger partial charge in [0.15, 0.2) is 0 Å². The monoisotopic (exact) mass is 404 g/mol. The number of esters is 1. The van der Waals surface area contributed by atoms with Gasteiger partial charge in [0, 0.05) is 26.2 Å². The summed E-state index contributed by atoms with van der Waals surface area (Å²) in [5, 5.41) is 11.9. The lowest BCUT2D eigenvalue weighted by Crippen LogP contribution is -2.58. The quantitative estimate of drug-likeness (QED) is 0.656. The van der Waals surface area contributed by atoms with E-state index in [9.17, 15) is 14.7 Å². The van der Waals surface area contributed by atoms with Crippen LogP contribution in [0.25, 0.3) is 10.8 Å². The van der Waals surface area contributed by atoms with E-state index in [4.69, 9.17) is 4.74 Å². The minimum absolute atomic E-state index is 0.133. The van der Waals surface area contributed by atoms with Gasteiger partial charge in [-0.3, -0.25) is 9.80 Å². The average Bonchev–Trinajstić information content (AvgIpc) is 2.78. The minimum Gasteiger partial charge on any atom is -0.465 e. The maximum Gasteiger partial charge on any atom is 0.408 e. The summed E-state index contributed by atoms with van der Waals surface area (Å²) in [5.74, 6) is -0.510. The zero-order valence-corrected chi connectivity index (χ0v) is 16.6. The van der Waals surface area contributed by atoms with Gasteiger partial charge in [-0.1, -0.05) is 66.7 Å². The normalized spacial score (nSPS) is 17.1. The van der Waals surface area contributed by atoms with Crippen molar-refractivity contribution in [2.45, 2.75) is 19.2 Å². The zero-order chi connectivity index (χ0) is 20.9. The third kappa shape index (κ3) is 4.60. The predicted octanol–water partition coefficient (Wildman–Crippen LogP) is 3.75. The summed E-state index contributed by atoms with van der Waals surface area (Å²) in [6.45, 7) is 1.94. The Kier molecular flexibility index (Phi) is 5.95. The molecule has 3 aromatic rings. The minimum atomic E-state index is -1.10. The first-order valence-corrected chi connectivity index (χ1v) is 10.0. The highest BCUT2D eigenvalue weighted by Crippen LogP contribution is 2.19. The van der Waals surface area contributed by atoms with E-state index in [1.165, 1.54) is 10.3 Å². The SMILES string of the molecule is O=C(OCc1ccccc1)C1CN(Cc2ccc3ccccc3c2)CCN1C(=O)O. The third-order valence-electron chi connectivity index (χ3n) is 5.43. The van der Waals surface area contributed by atoms with Gasteiger partial charge in [0.25, 0.3) is 0 Å². The van der Waals surface area contributed by atoms with Crippen molar-refractivity contribution < 1.29 is 19.4 Å². The highest BCUT2D eigenvalue weighted by atomic mass is 16.5. The molecule has 1 heterocycles. The van der Waals surface area contributed by atoms with Gasteiger partial charge in [0.05, 0.1) is 0 Å². The summed E-state index contributed by atoms with van der Waals surface area (Å²) in [7, 11) is 0. The van der Waals surface area contributed by atoms with Gasteiger partial charge in [-0.25, -0.2) is 9.59 Å². The van der Waals surface area contributed by atoms with Crippen molar-refractivity contribution in [3.05, 3.63) is 83.9 Å². The molecule has 1 saturated heterocycles. The van der Waals surface area contributed by atoms with E-state index in [1.54, 1.807) is 0 Å². The summed E-state index contributed by atoms with van der Waals surface area (Å²) in [6.07, 6.45) is -1.10. The number of amides is 1. The Balaban J connectivity index is 1.44. The second-order valence-corrected chi connectivity index (χ2v) is 7.50. The third-order valence-corrected chi connectivity index (χ3v) is 5.43. The molecule has 1 N–H and O–H groups in total. The van der Waals surface area contributed by atoms with Crippen molar-refractivity contribution in [2.75, 3.05) is 19.6 Å². The molecule has 1 aliphatic heterocycles. The summed E-state index contributed by atoms with van der Waals surface area (Å²) < 4.78 is 5.43. The number of piperazine rings is 1. The molecule has 0 saturated carbocycles. The van der Waals surface area contributed by atoms with Gasteiger partial charge in [-0.2, -0.15) is 0 Å². The molecule has 0 aliphatic carbocycles. The van der Waals surface area contributed by atoms with Crippen molar-refractivity contribution in [3.8, 4) is 0 Å². The number of nitrogens with zero attached hydrogens (tertiary/aromatic N) is 2. The van der Waals surface area contributed by atoms with Crippen LogP contribution in [-0.4, -0.2) is 52.6 Å².